The molecule has 2 amide bonds. The fourth-order valence-electron chi connectivity index (χ4n) is 3.27. The fourth-order valence-corrected chi connectivity index (χ4v) is 3.27. The average molecular weight is 393 g/mol. The number of nitrogens with zero attached hydrogens (tertiary/aromatic N) is 1. The van der Waals surface area contributed by atoms with Crippen molar-refractivity contribution in [1.82, 2.24) is 10.3 Å². The Balaban J connectivity index is 1.62. The average Bonchev–Trinajstić information content (AvgIpc) is 3.09. The van der Waals surface area contributed by atoms with E-state index in [9.17, 15) is 9.59 Å². The maximum Gasteiger partial charge on any atom is 0.240 e. The summed E-state index contributed by atoms with van der Waals surface area (Å²) in [7, 11) is 0. The van der Waals surface area contributed by atoms with Crippen molar-refractivity contribution in [3.8, 4) is 5.75 Å². The molecule has 1 heterocycles. The van der Waals surface area contributed by atoms with Crippen molar-refractivity contribution in [2.45, 2.75) is 33.3 Å². The third-order valence-electron chi connectivity index (χ3n) is 4.59. The lowest BCUT2D eigenvalue weighted by Gasteiger charge is -2.24. The third kappa shape index (κ3) is 5.16. The largest absolute Gasteiger partial charge is 0.489 e. The number of anilines is 1. The maximum absolute atomic E-state index is 12.5. The number of carbonyl (C=O) groups excluding carboxylic acids is 2. The number of para-hydroxylation sites is 3. The van der Waals surface area contributed by atoms with Gasteiger partial charge in [-0.3, -0.25) is 14.5 Å². The van der Waals surface area contributed by atoms with Crippen LogP contribution in [0.15, 0.2) is 54.7 Å². The van der Waals surface area contributed by atoms with Crippen molar-refractivity contribution in [1.29, 1.82) is 0 Å². The number of hydrogen-bond acceptors (Lipinski definition) is 3. The second-order valence-electron chi connectivity index (χ2n) is 7.20. The normalized spacial score (nSPS) is 10.9. The molecule has 6 heteroatoms. The van der Waals surface area contributed by atoms with Gasteiger partial charge >= 0.3 is 0 Å². The summed E-state index contributed by atoms with van der Waals surface area (Å²) in [6, 6.07) is 15.3. The van der Waals surface area contributed by atoms with E-state index in [0.29, 0.717) is 24.4 Å². The zero-order chi connectivity index (χ0) is 20.8. The standard InChI is InChI=1S/C23H27N3O3/c1-16(2)29-22-11-7-6-10-21(22)26(17(3)27)15-23(28)24-13-12-18-14-25-20-9-5-4-8-19(18)20/h4-11,14,16,25H,12-13,15H2,1-3H3,(H,24,28). The molecule has 6 nitrogen and oxygen atoms in total. The zero-order valence-electron chi connectivity index (χ0n) is 17.1. The van der Waals surface area contributed by atoms with Crippen LogP contribution in [0.5, 0.6) is 5.75 Å². The highest BCUT2D eigenvalue weighted by atomic mass is 16.5. The number of aromatic nitrogens is 1. The fraction of sp³-hybridized carbons (Fsp3) is 0.304. The molecular formula is C23H27N3O3. The van der Waals surface area contributed by atoms with Crippen LogP contribution < -0.4 is 15.0 Å². The van der Waals surface area contributed by atoms with Crippen molar-refractivity contribution in [2.75, 3.05) is 18.0 Å². The molecule has 3 rings (SSSR count). The summed E-state index contributed by atoms with van der Waals surface area (Å²) in [6.45, 7) is 5.74. The lowest BCUT2D eigenvalue weighted by molar-refractivity contribution is -0.123. The van der Waals surface area contributed by atoms with Crippen molar-refractivity contribution in [3.05, 3.63) is 60.3 Å². The van der Waals surface area contributed by atoms with E-state index >= 15 is 0 Å². The molecule has 0 aliphatic carbocycles. The van der Waals surface area contributed by atoms with Gasteiger partial charge in [0.2, 0.25) is 11.8 Å². The maximum atomic E-state index is 12.5. The first kappa shape index (κ1) is 20.5. The van der Waals surface area contributed by atoms with Gasteiger partial charge in [-0.05, 0) is 44.0 Å². The number of hydrogen-bond donors (Lipinski definition) is 2. The summed E-state index contributed by atoms with van der Waals surface area (Å²) < 4.78 is 5.80. The van der Waals surface area contributed by atoms with Crippen LogP contribution in [0.25, 0.3) is 10.9 Å². The van der Waals surface area contributed by atoms with Crippen LogP contribution in [0.4, 0.5) is 5.69 Å². The van der Waals surface area contributed by atoms with E-state index in [0.717, 1.165) is 16.5 Å². The number of benzene rings is 2. The minimum absolute atomic E-state index is 0.0324. The van der Waals surface area contributed by atoms with Gasteiger partial charge in [-0.1, -0.05) is 30.3 Å². The van der Waals surface area contributed by atoms with E-state index in [4.69, 9.17) is 4.74 Å². The number of aromatic amines is 1. The number of carbonyl (C=O) groups is 2. The summed E-state index contributed by atoms with van der Waals surface area (Å²) in [6.07, 6.45) is 2.65. The van der Waals surface area contributed by atoms with Gasteiger partial charge in [0.1, 0.15) is 12.3 Å². The summed E-state index contributed by atoms with van der Waals surface area (Å²) in [5, 5.41) is 4.07. The molecule has 2 aromatic carbocycles. The molecule has 0 bridgehead atoms. The van der Waals surface area contributed by atoms with Crippen LogP contribution in [-0.2, 0) is 16.0 Å². The minimum atomic E-state index is -0.211. The van der Waals surface area contributed by atoms with Crippen LogP contribution >= 0.6 is 0 Å². The second kappa shape index (κ2) is 9.28. The Labute approximate surface area is 170 Å². The molecule has 0 aliphatic rings. The summed E-state index contributed by atoms with van der Waals surface area (Å²) in [5.41, 5.74) is 2.83. The quantitative estimate of drug-likeness (QED) is 0.613. The van der Waals surface area contributed by atoms with E-state index < -0.39 is 0 Å². The monoisotopic (exact) mass is 393 g/mol. The number of nitrogens with one attached hydrogen (secondary N) is 2. The van der Waals surface area contributed by atoms with Gasteiger partial charge in [-0.25, -0.2) is 0 Å². The number of rotatable bonds is 8. The Morgan fingerprint density at radius 1 is 1.10 bits per heavy atom. The highest BCUT2D eigenvalue weighted by Gasteiger charge is 2.19. The number of ether oxygens (including phenoxy) is 1. The highest BCUT2D eigenvalue weighted by molar-refractivity contribution is 5.98. The topological polar surface area (TPSA) is 74.4 Å². The molecular weight excluding hydrogens is 366 g/mol. The van der Waals surface area contributed by atoms with Gasteiger partial charge in [0.05, 0.1) is 11.8 Å². The lowest BCUT2D eigenvalue weighted by Crippen LogP contribution is -2.40. The Kier molecular flexibility index (Phi) is 6.54. The van der Waals surface area contributed by atoms with Crippen LogP contribution in [-0.4, -0.2) is 36.0 Å². The van der Waals surface area contributed by atoms with Gasteiger partial charge in [0, 0.05) is 30.6 Å². The number of fused-ring (bicyclic) bond motifs is 1. The molecule has 0 spiro atoms. The van der Waals surface area contributed by atoms with Gasteiger partial charge in [0.15, 0.2) is 0 Å². The lowest BCUT2D eigenvalue weighted by atomic mass is 10.1. The molecule has 0 radical (unpaired) electrons. The van der Waals surface area contributed by atoms with E-state index in [1.165, 1.54) is 11.8 Å². The van der Waals surface area contributed by atoms with E-state index in [1.807, 2.05) is 50.4 Å². The van der Waals surface area contributed by atoms with Gasteiger partial charge in [-0.2, -0.15) is 0 Å². The van der Waals surface area contributed by atoms with Crippen LogP contribution in [0, 0.1) is 0 Å². The van der Waals surface area contributed by atoms with Crippen LogP contribution in [0.2, 0.25) is 0 Å². The zero-order valence-corrected chi connectivity index (χ0v) is 17.1. The van der Waals surface area contributed by atoms with Gasteiger partial charge in [0.25, 0.3) is 0 Å². The molecule has 0 fully saturated rings. The second-order valence-corrected chi connectivity index (χ2v) is 7.20. The Morgan fingerprint density at radius 2 is 1.83 bits per heavy atom. The summed E-state index contributed by atoms with van der Waals surface area (Å²) >= 11 is 0. The first-order chi connectivity index (χ1) is 14.0. The van der Waals surface area contributed by atoms with Gasteiger partial charge < -0.3 is 15.0 Å². The molecule has 3 aromatic rings. The van der Waals surface area contributed by atoms with Crippen LogP contribution in [0.3, 0.4) is 0 Å². The first-order valence-corrected chi connectivity index (χ1v) is 9.81. The van der Waals surface area contributed by atoms with Gasteiger partial charge in [-0.15, -0.1) is 0 Å². The van der Waals surface area contributed by atoms with Crippen molar-refractivity contribution in [3.63, 3.8) is 0 Å². The van der Waals surface area contributed by atoms with E-state index in [1.54, 1.807) is 12.1 Å². The molecule has 0 unspecified atom stereocenters. The molecule has 2 N–H and O–H groups in total. The molecule has 0 saturated heterocycles. The first-order valence-electron chi connectivity index (χ1n) is 9.81. The van der Waals surface area contributed by atoms with E-state index in [2.05, 4.69) is 16.4 Å². The molecule has 29 heavy (non-hydrogen) atoms. The smallest absolute Gasteiger partial charge is 0.240 e. The molecule has 0 saturated carbocycles. The molecule has 1 aromatic heterocycles. The Morgan fingerprint density at radius 3 is 2.59 bits per heavy atom. The predicted octanol–water partition coefficient (Wildman–Crippen LogP) is 3.67. The summed E-state index contributed by atoms with van der Waals surface area (Å²) in [5.74, 6) is 0.167. The van der Waals surface area contributed by atoms with Crippen molar-refractivity contribution in [2.24, 2.45) is 0 Å². The summed E-state index contributed by atoms with van der Waals surface area (Å²) in [4.78, 5) is 29.4. The minimum Gasteiger partial charge on any atom is -0.489 e. The van der Waals surface area contributed by atoms with E-state index in [-0.39, 0.29) is 24.5 Å². The molecule has 0 atom stereocenters. The predicted molar refractivity (Wildman–Crippen MR) is 115 cm³/mol. The highest BCUT2D eigenvalue weighted by Crippen LogP contribution is 2.29. The number of H-pyrrole nitrogens is 1. The van der Waals surface area contributed by atoms with Crippen molar-refractivity contribution < 1.29 is 14.3 Å². The van der Waals surface area contributed by atoms with Crippen molar-refractivity contribution >= 4 is 28.4 Å². The van der Waals surface area contributed by atoms with Crippen LogP contribution in [0.1, 0.15) is 26.3 Å². The Bertz CT molecular complexity index is 994. The SMILES string of the molecule is CC(=O)N(CC(=O)NCCc1c[nH]c2ccccc12)c1ccccc1OC(C)C. The molecule has 0 aliphatic heterocycles. The molecule has 152 valence electrons. The Hall–Kier alpha value is -3.28. The third-order valence-corrected chi connectivity index (χ3v) is 4.59. The number of amides is 2.